The molecule has 12 nitrogen and oxygen atoms in total. The standard InChI is InChI=1S/C31H37F5N8O4/c1-30(2,3)47-29(46)39-23-16-43(14-20(23)19-11-18(32)7-8-21(19)33)27-37-12-17(13-38-27)25(45)44(5,6)24-9-10-42(15-22(24)34)28-40-26(41-48-28)31(4,35)36/h7-8,11-13,20,22-24H,9-10,14-16H2,1-6H3/p+1. The minimum Gasteiger partial charge on any atom is -0.444 e. The second-order valence-corrected chi connectivity index (χ2v) is 13.7. The zero-order valence-corrected chi connectivity index (χ0v) is 27.4. The van der Waals surface area contributed by atoms with Crippen LogP contribution in [-0.4, -0.2) is 101 Å². The molecule has 3 aromatic rings. The topological polar surface area (TPSA) is 127 Å². The number of hydrogen-bond donors (Lipinski definition) is 1. The van der Waals surface area contributed by atoms with E-state index in [9.17, 15) is 27.2 Å². The van der Waals surface area contributed by atoms with Crippen LogP contribution in [0, 0.1) is 11.6 Å². The highest BCUT2D eigenvalue weighted by Crippen LogP contribution is 2.33. The number of piperidine rings is 1. The number of nitrogens with one attached hydrogen (secondary N) is 1. The zero-order valence-electron chi connectivity index (χ0n) is 27.4. The van der Waals surface area contributed by atoms with Gasteiger partial charge < -0.3 is 24.4 Å². The summed E-state index contributed by atoms with van der Waals surface area (Å²) in [5, 5.41) is 6.04. The lowest BCUT2D eigenvalue weighted by Crippen LogP contribution is -2.62. The summed E-state index contributed by atoms with van der Waals surface area (Å²) < 4.78 is 81.5. The van der Waals surface area contributed by atoms with E-state index in [-0.39, 0.29) is 60.2 Å². The molecule has 2 saturated heterocycles. The van der Waals surface area contributed by atoms with Crippen molar-refractivity contribution in [1.82, 2.24) is 25.4 Å². The van der Waals surface area contributed by atoms with Gasteiger partial charge in [-0.15, -0.1) is 0 Å². The zero-order chi connectivity index (χ0) is 35.2. The van der Waals surface area contributed by atoms with Crippen molar-refractivity contribution in [3.8, 4) is 0 Å². The number of ether oxygens (including phenoxy) is 1. The van der Waals surface area contributed by atoms with Crippen LogP contribution >= 0.6 is 0 Å². The van der Waals surface area contributed by atoms with Gasteiger partial charge in [-0.25, -0.2) is 32.7 Å². The van der Waals surface area contributed by atoms with Crippen LogP contribution in [0.25, 0.3) is 0 Å². The molecule has 0 aliphatic carbocycles. The van der Waals surface area contributed by atoms with Gasteiger partial charge in [0.05, 0.1) is 26.7 Å². The Labute approximate surface area is 273 Å². The van der Waals surface area contributed by atoms with Gasteiger partial charge in [0.25, 0.3) is 0 Å². The second kappa shape index (κ2) is 12.9. The Morgan fingerprint density at radius 3 is 2.33 bits per heavy atom. The van der Waals surface area contributed by atoms with Gasteiger partial charge in [0.2, 0.25) is 11.8 Å². The van der Waals surface area contributed by atoms with E-state index in [1.165, 1.54) is 17.3 Å². The first-order valence-corrected chi connectivity index (χ1v) is 15.3. The molecule has 5 rings (SSSR count). The maximum atomic E-state index is 15.5. The van der Waals surface area contributed by atoms with Crippen LogP contribution in [0.5, 0.6) is 0 Å². The number of rotatable bonds is 7. The minimum absolute atomic E-state index is 0.0686. The van der Waals surface area contributed by atoms with Crippen molar-refractivity contribution in [3.05, 3.63) is 59.2 Å². The Hall–Kier alpha value is -4.41. The molecule has 0 saturated carbocycles. The molecule has 1 aromatic carbocycles. The van der Waals surface area contributed by atoms with Gasteiger partial charge >= 0.3 is 23.9 Å². The fourth-order valence-corrected chi connectivity index (χ4v) is 6.08. The van der Waals surface area contributed by atoms with Gasteiger partial charge in [0.1, 0.15) is 28.8 Å². The molecular formula is C31H38F5N8O4+. The molecule has 0 bridgehead atoms. The van der Waals surface area contributed by atoms with E-state index in [1.54, 1.807) is 39.8 Å². The van der Waals surface area contributed by atoms with Gasteiger partial charge in [-0.05, 0) is 44.5 Å². The number of amides is 2. The van der Waals surface area contributed by atoms with E-state index >= 15 is 4.39 Å². The van der Waals surface area contributed by atoms with Crippen molar-refractivity contribution in [2.75, 3.05) is 50.1 Å². The Morgan fingerprint density at radius 1 is 1.04 bits per heavy atom. The number of halogens is 5. The van der Waals surface area contributed by atoms with E-state index in [1.807, 2.05) is 0 Å². The van der Waals surface area contributed by atoms with Gasteiger partial charge in [-0.1, -0.05) is 5.16 Å². The number of alkyl halides is 3. The molecule has 2 aliphatic heterocycles. The van der Waals surface area contributed by atoms with Crippen LogP contribution in [0.15, 0.2) is 35.1 Å². The summed E-state index contributed by atoms with van der Waals surface area (Å²) in [5.41, 5.74) is -0.605. The number of benzene rings is 1. The van der Waals surface area contributed by atoms with Crippen molar-refractivity contribution in [3.63, 3.8) is 0 Å². The SMILES string of the molecule is CC(C)(C)OC(=O)NC1CN(c2ncc(C(=O)[N+](C)(C)C3CCN(c4nc(C(C)(F)F)no4)CC3F)cn2)CC1c1cc(F)ccc1F. The largest absolute Gasteiger partial charge is 0.444 e. The Kier molecular flexibility index (Phi) is 9.38. The smallest absolute Gasteiger partial charge is 0.407 e. The first kappa shape index (κ1) is 34.9. The number of hydrogen-bond acceptors (Lipinski definition) is 10. The molecule has 4 unspecified atom stereocenters. The molecule has 17 heteroatoms. The normalized spacial score (nSPS) is 22.1. The van der Waals surface area contributed by atoms with E-state index in [0.717, 1.165) is 18.2 Å². The van der Waals surface area contributed by atoms with Crippen molar-refractivity contribution < 1.29 is 45.3 Å². The fraction of sp³-hybridized carbons (Fsp3) is 0.548. The maximum absolute atomic E-state index is 15.5. The molecular weight excluding hydrogens is 643 g/mol. The third kappa shape index (κ3) is 7.50. The molecule has 2 amide bonds. The average Bonchev–Trinajstić information content (AvgIpc) is 3.65. The number of nitrogens with zero attached hydrogens (tertiary/aromatic N) is 7. The summed E-state index contributed by atoms with van der Waals surface area (Å²) >= 11 is 0. The molecule has 0 spiro atoms. The predicted molar refractivity (Wildman–Crippen MR) is 162 cm³/mol. The van der Waals surface area contributed by atoms with Crippen molar-refractivity contribution >= 4 is 24.0 Å². The minimum atomic E-state index is -3.31. The van der Waals surface area contributed by atoms with E-state index < -0.39 is 65.2 Å². The van der Waals surface area contributed by atoms with Gasteiger partial charge in [-0.3, -0.25) is 4.48 Å². The molecule has 260 valence electrons. The highest BCUT2D eigenvalue weighted by molar-refractivity contribution is 5.88. The molecule has 2 aliphatic rings. The first-order chi connectivity index (χ1) is 22.3. The lowest BCUT2D eigenvalue weighted by Gasteiger charge is -2.41. The van der Waals surface area contributed by atoms with Gasteiger partial charge in [0, 0.05) is 51.3 Å². The predicted octanol–water partition coefficient (Wildman–Crippen LogP) is 4.58. The number of carbonyl (C=O) groups excluding carboxylic acids is 2. The number of carbonyl (C=O) groups is 2. The molecule has 4 heterocycles. The Balaban J connectivity index is 1.29. The second-order valence-electron chi connectivity index (χ2n) is 13.7. The number of quaternary nitrogens is 1. The first-order valence-electron chi connectivity index (χ1n) is 15.3. The van der Waals surface area contributed by atoms with E-state index in [4.69, 9.17) is 9.26 Å². The lowest BCUT2D eigenvalue weighted by atomic mass is 9.94. The van der Waals surface area contributed by atoms with E-state index in [2.05, 4.69) is 25.4 Å². The third-order valence-electron chi connectivity index (χ3n) is 8.49. The summed E-state index contributed by atoms with van der Waals surface area (Å²) in [4.78, 5) is 41.7. The van der Waals surface area contributed by atoms with Crippen molar-refractivity contribution in [2.45, 2.75) is 69.8 Å². The van der Waals surface area contributed by atoms with Crippen LogP contribution in [0.1, 0.15) is 61.8 Å². The maximum Gasteiger partial charge on any atom is 0.407 e. The number of aromatic nitrogens is 4. The van der Waals surface area contributed by atoms with Gasteiger partial charge in [-0.2, -0.15) is 13.8 Å². The van der Waals surface area contributed by atoms with Crippen LogP contribution in [0.2, 0.25) is 0 Å². The van der Waals surface area contributed by atoms with Crippen LogP contribution in [0.3, 0.4) is 0 Å². The lowest BCUT2D eigenvalue weighted by molar-refractivity contribution is -0.839. The summed E-state index contributed by atoms with van der Waals surface area (Å²) in [7, 11) is 3.13. The Bertz CT molecular complexity index is 1640. The molecule has 48 heavy (non-hydrogen) atoms. The van der Waals surface area contributed by atoms with Crippen LogP contribution in [0.4, 0.5) is 38.7 Å². The average molecular weight is 682 g/mol. The monoisotopic (exact) mass is 681 g/mol. The summed E-state index contributed by atoms with van der Waals surface area (Å²) in [6, 6.07) is 1.41. The highest BCUT2D eigenvalue weighted by Gasteiger charge is 2.47. The molecule has 4 atom stereocenters. The van der Waals surface area contributed by atoms with Gasteiger partial charge in [0.15, 0.2) is 6.17 Å². The summed E-state index contributed by atoms with van der Waals surface area (Å²) in [6.07, 6.45) is 0.528. The fourth-order valence-electron chi connectivity index (χ4n) is 6.08. The summed E-state index contributed by atoms with van der Waals surface area (Å²) in [5.74, 6) is -6.34. The number of anilines is 2. The molecule has 1 N–H and O–H groups in total. The summed E-state index contributed by atoms with van der Waals surface area (Å²) in [6.45, 7) is 5.93. The molecule has 0 radical (unpaired) electrons. The van der Waals surface area contributed by atoms with Crippen molar-refractivity contribution in [1.29, 1.82) is 0 Å². The third-order valence-corrected chi connectivity index (χ3v) is 8.49. The van der Waals surface area contributed by atoms with Crippen LogP contribution < -0.4 is 15.1 Å². The van der Waals surface area contributed by atoms with Crippen molar-refractivity contribution in [2.24, 2.45) is 0 Å². The molecule has 2 aromatic heterocycles. The Morgan fingerprint density at radius 2 is 1.73 bits per heavy atom. The quantitative estimate of drug-likeness (QED) is 0.280. The molecule has 2 fully saturated rings. The van der Waals surface area contributed by atoms with E-state index in [0.29, 0.717) is 6.92 Å². The number of alkyl carbamates (subject to hydrolysis) is 1. The highest BCUT2D eigenvalue weighted by atomic mass is 19.3. The van der Waals surface area contributed by atoms with Crippen LogP contribution in [-0.2, 0) is 10.7 Å².